The molecule has 0 fully saturated rings. The molecule has 2 aromatic heterocycles. The van der Waals surface area contributed by atoms with Crippen LogP contribution in [-0.4, -0.2) is 26.2 Å². The van der Waals surface area contributed by atoms with Gasteiger partial charge in [-0.05, 0) is 41.0 Å². The predicted octanol–water partition coefficient (Wildman–Crippen LogP) is 6.37. The van der Waals surface area contributed by atoms with Crippen molar-refractivity contribution in [3.63, 3.8) is 0 Å². The van der Waals surface area contributed by atoms with E-state index < -0.39 is 5.97 Å². The zero-order valence-corrected chi connectivity index (χ0v) is 20.7. The minimum atomic E-state index is -0.871. The van der Waals surface area contributed by atoms with Crippen LogP contribution in [0.25, 0.3) is 16.9 Å². The molecular formula is C31H27N3O4. The molecule has 0 radical (unpaired) electrons. The molecule has 7 nitrogen and oxygen atoms in total. The lowest BCUT2D eigenvalue weighted by Crippen LogP contribution is -2.06. The van der Waals surface area contributed by atoms with Crippen LogP contribution >= 0.6 is 0 Å². The van der Waals surface area contributed by atoms with Gasteiger partial charge in [-0.2, -0.15) is 0 Å². The van der Waals surface area contributed by atoms with E-state index in [-0.39, 0.29) is 13.0 Å². The van der Waals surface area contributed by atoms with E-state index in [1.165, 1.54) is 0 Å². The average Bonchev–Trinajstić information content (AvgIpc) is 3.38. The summed E-state index contributed by atoms with van der Waals surface area (Å²) in [7, 11) is 0. The van der Waals surface area contributed by atoms with Crippen LogP contribution in [0.2, 0.25) is 0 Å². The highest BCUT2D eigenvalue weighted by molar-refractivity contribution is 6.01. The van der Waals surface area contributed by atoms with Gasteiger partial charge in [0.1, 0.15) is 24.6 Å². The number of fused-ring (bicyclic) bond motifs is 1. The van der Waals surface area contributed by atoms with Gasteiger partial charge in [0.2, 0.25) is 0 Å². The molecular weight excluding hydrogens is 478 g/mol. The SMILES string of the molecule is O=C(O)CCC(=NOCc1ccc(OCc2cn3c(-c4ccccc4)cccc3n2)cc1)c1ccccc1. The number of benzene rings is 3. The Balaban J connectivity index is 1.19. The average molecular weight is 506 g/mol. The quantitative estimate of drug-likeness (QED) is 0.167. The molecule has 5 rings (SSSR count). The van der Waals surface area contributed by atoms with Gasteiger partial charge in [-0.1, -0.05) is 84.0 Å². The lowest BCUT2D eigenvalue weighted by molar-refractivity contribution is -0.136. The fourth-order valence-electron chi connectivity index (χ4n) is 4.10. The maximum absolute atomic E-state index is 11.0. The van der Waals surface area contributed by atoms with Gasteiger partial charge in [-0.3, -0.25) is 9.20 Å². The van der Waals surface area contributed by atoms with Gasteiger partial charge >= 0.3 is 5.97 Å². The Bertz CT molecular complexity index is 1530. The Morgan fingerprint density at radius 1 is 0.816 bits per heavy atom. The van der Waals surface area contributed by atoms with Crippen molar-refractivity contribution < 1.29 is 19.5 Å². The zero-order chi connectivity index (χ0) is 26.2. The van der Waals surface area contributed by atoms with Crippen molar-refractivity contribution in [3.8, 4) is 17.0 Å². The second-order valence-corrected chi connectivity index (χ2v) is 8.74. The number of rotatable bonds is 11. The van der Waals surface area contributed by atoms with Crippen LogP contribution in [0.3, 0.4) is 0 Å². The van der Waals surface area contributed by atoms with Crippen molar-refractivity contribution in [1.29, 1.82) is 0 Å². The second-order valence-electron chi connectivity index (χ2n) is 8.74. The highest BCUT2D eigenvalue weighted by Gasteiger charge is 2.09. The van der Waals surface area contributed by atoms with E-state index in [1.54, 1.807) is 0 Å². The van der Waals surface area contributed by atoms with Crippen LogP contribution in [0.5, 0.6) is 5.75 Å². The Labute approximate surface area is 220 Å². The topological polar surface area (TPSA) is 85.4 Å². The van der Waals surface area contributed by atoms with E-state index in [2.05, 4.69) is 27.8 Å². The molecule has 0 saturated heterocycles. The third kappa shape index (κ3) is 6.25. The lowest BCUT2D eigenvalue weighted by Gasteiger charge is -2.07. The van der Waals surface area contributed by atoms with Gasteiger partial charge in [-0.15, -0.1) is 0 Å². The number of carboxylic acid groups (broad SMARTS) is 1. The van der Waals surface area contributed by atoms with Crippen LogP contribution in [0, 0.1) is 0 Å². The number of carboxylic acids is 1. The molecule has 0 bridgehead atoms. The smallest absolute Gasteiger partial charge is 0.303 e. The monoisotopic (exact) mass is 505 g/mol. The van der Waals surface area contributed by atoms with Gasteiger partial charge in [0.05, 0.1) is 23.5 Å². The molecule has 0 unspecified atom stereocenters. The molecule has 2 heterocycles. The molecule has 1 N–H and O–H groups in total. The fourth-order valence-corrected chi connectivity index (χ4v) is 4.10. The number of pyridine rings is 1. The zero-order valence-electron chi connectivity index (χ0n) is 20.7. The van der Waals surface area contributed by atoms with E-state index in [0.29, 0.717) is 18.7 Å². The summed E-state index contributed by atoms with van der Waals surface area (Å²) in [5.74, 6) is -0.145. The highest BCUT2D eigenvalue weighted by Crippen LogP contribution is 2.22. The number of ether oxygens (including phenoxy) is 1. The number of hydrogen-bond donors (Lipinski definition) is 1. The standard InChI is InChI=1S/C31H27N3O4/c35-31(36)19-18-28(24-8-3-1-4-9-24)33-38-21-23-14-16-27(17-15-23)37-22-26-20-34-29(12-7-13-30(34)32-26)25-10-5-2-6-11-25/h1-17,20H,18-19,21-22H2,(H,35,36). The molecule has 0 amide bonds. The Morgan fingerprint density at radius 2 is 1.55 bits per heavy atom. The summed E-state index contributed by atoms with van der Waals surface area (Å²) in [6, 6.07) is 33.4. The first kappa shape index (κ1) is 24.8. The van der Waals surface area contributed by atoms with Crippen molar-refractivity contribution in [2.75, 3.05) is 0 Å². The van der Waals surface area contributed by atoms with Crippen molar-refractivity contribution in [1.82, 2.24) is 9.38 Å². The van der Waals surface area contributed by atoms with Crippen molar-refractivity contribution in [2.24, 2.45) is 5.16 Å². The van der Waals surface area contributed by atoms with Gasteiger partial charge in [0, 0.05) is 12.6 Å². The molecule has 38 heavy (non-hydrogen) atoms. The fraction of sp³-hybridized carbons (Fsp3) is 0.129. The van der Waals surface area contributed by atoms with E-state index in [1.807, 2.05) is 91.1 Å². The number of oxime groups is 1. The molecule has 0 atom stereocenters. The minimum absolute atomic E-state index is 0.0109. The largest absolute Gasteiger partial charge is 0.487 e. The summed E-state index contributed by atoms with van der Waals surface area (Å²) in [5.41, 5.74) is 6.29. The highest BCUT2D eigenvalue weighted by atomic mass is 16.6. The summed E-state index contributed by atoms with van der Waals surface area (Å²) >= 11 is 0. The lowest BCUT2D eigenvalue weighted by atomic mass is 10.1. The number of hydrogen-bond acceptors (Lipinski definition) is 5. The van der Waals surface area contributed by atoms with Crippen LogP contribution in [0.4, 0.5) is 0 Å². The number of imidazole rings is 1. The van der Waals surface area contributed by atoms with Gasteiger partial charge in [0.25, 0.3) is 0 Å². The maximum atomic E-state index is 11.0. The van der Waals surface area contributed by atoms with Crippen molar-refractivity contribution in [3.05, 3.63) is 126 Å². The molecule has 5 aromatic rings. The van der Waals surface area contributed by atoms with Crippen LogP contribution in [0.15, 0.2) is 114 Å². The number of carbonyl (C=O) groups is 1. The third-order valence-electron chi connectivity index (χ3n) is 6.01. The molecule has 190 valence electrons. The first-order valence-electron chi connectivity index (χ1n) is 12.4. The minimum Gasteiger partial charge on any atom is -0.487 e. The second kappa shape index (κ2) is 11.9. The van der Waals surface area contributed by atoms with Gasteiger partial charge < -0.3 is 14.7 Å². The van der Waals surface area contributed by atoms with Crippen LogP contribution < -0.4 is 4.74 Å². The van der Waals surface area contributed by atoms with E-state index in [0.717, 1.165) is 39.5 Å². The first-order valence-corrected chi connectivity index (χ1v) is 12.4. The summed E-state index contributed by atoms with van der Waals surface area (Å²) in [5, 5.41) is 13.3. The molecule has 0 spiro atoms. The maximum Gasteiger partial charge on any atom is 0.303 e. The molecule has 0 aliphatic rings. The summed E-state index contributed by atoms with van der Waals surface area (Å²) in [4.78, 5) is 21.3. The Kier molecular flexibility index (Phi) is 7.75. The third-order valence-corrected chi connectivity index (χ3v) is 6.01. The molecule has 0 saturated carbocycles. The predicted molar refractivity (Wildman–Crippen MR) is 146 cm³/mol. The van der Waals surface area contributed by atoms with Crippen molar-refractivity contribution >= 4 is 17.3 Å². The van der Waals surface area contributed by atoms with E-state index in [4.69, 9.17) is 19.7 Å². The summed E-state index contributed by atoms with van der Waals surface area (Å²) in [6.07, 6.45) is 2.29. The van der Waals surface area contributed by atoms with Crippen LogP contribution in [0.1, 0.15) is 29.7 Å². The van der Waals surface area contributed by atoms with Crippen molar-refractivity contribution in [2.45, 2.75) is 26.1 Å². The summed E-state index contributed by atoms with van der Waals surface area (Å²) < 4.78 is 8.06. The van der Waals surface area contributed by atoms with E-state index >= 15 is 0 Å². The number of nitrogens with zero attached hydrogens (tertiary/aromatic N) is 3. The Hall–Kier alpha value is -4.91. The van der Waals surface area contributed by atoms with Gasteiger partial charge in [-0.25, -0.2) is 4.98 Å². The molecule has 0 aliphatic carbocycles. The molecule has 7 heteroatoms. The summed E-state index contributed by atoms with van der Waals surface area (Å²) in [6.45, 7) is 0.610. The normalized spacial score (nSPS) is 11.4. The number of aromatic nitrogens is 2. The Morgan fingerprint density at radius 3 is 2.29 bits per heavy atom. The van der Waals surface area contributed by atoms with Crippen LogP contribution in [-0.2, 0) is 22.8 Å². The van der Waals surface area contributed by atoms with Gasteiger partial charge in [0.15, 0.2) is 0 Å². The first-order chi connectivity index (χ1) is 18.7. The molecule has 3 aromatic carbocycles. The molecule has 0 aliphatic heterocycles. The number of aliphatic carboxylic acids is 1. The van der Waals surface area contributed by atoms with E-state index in [9.17, 15) is 4.79 Å².